The van der Waals surface area contributed by atoms with Gasteiger partial charge in [0.1, 0.15) is 5.15 Å². The van der Waals surface area contributed by atoms with Gasteiger partial charge in [-0.25, -0.2) is 9.78 Å². The summed E-state index contributed by atoms with van der Waals surface area (Å²) >= 11 is 11.9. The molecule has 0 unspecified atom stereocenters. The number of aromatic nitrogens is 2. The Kier molecular flexibility index (Phi) is 6.17. The summed E-state index contributed by atoms with van der Waals surface area (Å²) in [7, 11) is 0. The Morgan fingerprint density at radius 3 is 2.54 bits per heavy atom. The van der Waals surface area contributed by atoms with Crippen molar-refractivity contribution in [3.8, 4) is 0 Å². The van der Waals surface area contributed by atoms with Crippen molar-refractivity contribution in [1.29, 1.82) is 0 Å². The fourth-order valence-electron chi connectivity index (χ4n) is 2.91. The van der Waals surface area contributed by atoms with Crippen molar-refractivity contribution in [2.24, 2.45) is 0 Å². The van der Waals surface area contributed by atoms with E-state index in [-0.39, 0.29) is 23.1 Å². The number of nitrogens with zero attached hydrogens (tertiary/aromatic N) is 2. The Labute approximate surface area is 172 Å². The van der Waals surface area contributed by atoms with Crippen LogP contribution in [0.25, 0.3) is 0 Å². The second-order valence-corrected chi connectivity index (χ2v) is 7.13. The molecule has 3 aromatic rings. The maximum atomic E-state index is 12.6. The van der Waals surface area contributed by atoms with Gasteiger partial charge in [-0.05, 0) is 43.7 Å². The summed E-state index contributed by atoms with van der Waals surface area (Å²) in [5, 5.41) is 0.951. The number of carbonyl (C=O) groups is 2. The molecule has 2 aromatic heterocycles. The number of ketones is 1. The first-order chi connectivity index (χ1) is 13.4. The van der Waals surface area contributed by atoms with E-state index in [9.17, 15) is 9.59 Å². The van der Waals surface area contributed by atoms with Crippen LogP contribution in [0.1, 0.15) is 37.7 Å². The van der Waals surface area contributed by atoms with E-state index in [0.29, 0.717) is 17.1 Å². The predicted octanol–water partition coefficient (Wildman–Crippen LogP) is 4.89. The molecular weight excluding hydrogens is 399 g/mol. The molecule has 28 heavy (non-hydrogen) atoms. The highest BCUT2D eigenvalue weighted by Gasteiger charge is 2.18. The van der Waals surface area contributed by atoms with E-state index >= 15 is 0 Å². The van der Waals surface area contributed by atoms with Crippen LogP contribution in [0.5, 0.6) is 0 Å². The summed E-state index contributed by atoms with van der Waals surface area (Å²) in [6, 6.07) is 12.4. The number of rotatable bonds is 6. The van der Waals surface area contributed by atoms with Crippen molar-refractivity contribution in [2.75, 3.05) is 6.61 Å². The molecule has 5 nitrogen and oxygen atoms in total. The zero-order chi connectivity index (χ0) is 20.3. The number of esters is 1. The molecule has 0 radical (unpaired) electrons. The molecule has 0 aliphatic carbocycles. The number of carbonyl (C=O) groups excluding carboxylic acids is 2. The van der Waals surface area contributed by atoms with Crippen LogP contribution in [0.15, 0.2) is 48.7 Å². The van der Waals surface area contributed by atoms with Crippen LogP contribution >= 0.6 is 23.2 Å². The molecule has 3 rings (SSSR count). The van der Waals surface area contributed by atoms with Crippen LogP contribution in [0.2, 0.25) is 10.2 Å². The zero-order valence-electron chi connectivity index (χ0n) is 15.4. The molecule has 0 atom stereocenters. The van der Waals surface area contributed by atoms with Gasteiger partial charge in [0.15, 0.2) is 6.61 Å². The first-order valence-electron chi connectivity index (χ1n) is 8.59. The van der Waals surface area contributed by atoms with E-state index in [4.69, 9.17) is 27.9 Å². The molecule has 0 saturated heterocycles. The second-order valence-electron chi connectivity index (χ2n) is 6.33. The van der Waals surface area contributed by atoms with E-state index in [1.165, 1.54) is 18.3 Å². The molecule has 144 valence electrons. The Balaban J connectivity index is 1.71. The second kappa shape index (κ2) is 8.59. The first-order valence-corrected chi connectivity index (χ1v) is 9.34. The van der Waals surface area contributed by atoms with Crippen molar-refractivity contribution >= 4 is 35.0 Å². The molecule has 0 spiro atoms. The molecule has 0 aliphatic heterocycles. The van der Waals surface area contributed by atoms with Crippen LogP contribution < -0.4 is 0 Å². The number of aryl methyl sites for hydroxylation is 1. The highest BCUT2D eigenvalue weighted by molar-refractivity contribution is 6.31. The average molecular weight is 417 g/mol. The molecule has 2 heterocycles. The Morgan fingerprint density at radius 2 is 1.86 bits per heavy atom. The van der Waals surface area contributed by atoms with Crippen molar-refractivity contribution in [1.82, 2.24) is 9.55 Å². The van der Waals surface area contributed by atoms with Crippen LogP contribution in [0, 0.1) is 13.8 Å². The molecular formula is C21H18Cl2N2O3. The van der Waals surface area contributed by atoms with Gasteiger partial charge < -0.3 is 9.30 Å². The summed E-state index contributed by atoms with van der Waals surface area (Å²) < 4.78 is 7.14. The number of halogens is 2. The smallest absolute Gasteiger partial charge is 0.340 e. The number of pyridine rings is 1. The maximum Gasteiger partial charge on any atom is 0.340 e. The highest BCUT2D eigenvalue weighted by atomic mass is 35.5. The first kappa shape index (κ1) is 20.1. The minimum atomic E-state index is -0.623. The molecule has 0 saturated carbocycles. The van der Waals surface area contributed by atoms with Gasteiger partial charge in [-0.2, -0.15) is 0 Å². The fraction of sp³-hybridized carbons (Fsp3) is 0.190. The van der Waals surface area contributed by atoms with Gasteiger partial charge in [0.05, 0.1) is 5.56 Å². The largest absolute Gasteiger partial charge is 0.454 e. The third-order valence-corrected chi connectivity index (χ3v) is 5.05. The van der Waals surface area contributed by atoms with Crippen molar-refractivity contribution < 1.29 is 14.3 Å². The zero-order valence-corrected chi connectivity index (χ0v) is 16.9. The lowest BCUT2D eigenvalue weighted by Gasteiger charge is -2.11. The topological polar surface area (TPSA) is 61.2 Å². The van der Waals surface area contributed by atoms with Crippen LogP contribution in [-0.2, 0) is 11.3 Å². The van der Waals surface area contributed by atoms with E-state index in [2.05, 4.69) is 4.98 Å². The molecule has 0 amide bonds. The maximum absolute atomic E-state index is 12.6. The normalized spacial score (nSPS) is 10.7. The number of hydrogen-bond donors (Lipinski definition) is 0. The number of Topliss-reactive ketones (excluding diaryl/α,β-unsaturated/α-hetero) is 1. The van der Waals surface area contributed by atoms with Crippen molar-refractivity contribution in [2.45, 2.75) is 20.4 Å². The lowest BCUT2D eigenvalue weighted by molar-refractivity contribution is 0.0474. The third-order valence-electron chi connectivity index (χ3n) is 4.46. The van der Waals surface area contributed by atoms with Crippen LogP contribution in [-0.4, -0.2) is 27.9 Å². The van der Waals surface area contributed by atoms with Gasteiger partial charge in [-0.15, -0.1) is 0 Å². The molecule has 0 fully saturated rings. The lowest BCUT2D eigenvalue weighted by atomic mass is 10.1. The summed E-state index contributed by atoms with van der Waals surface area (Å²) in [5.41, 5.74) is 3.44. The molecule has 0 bridgehead atoms. The lowest BCUT2D eigenvalue weighted by Crippen LogP contribution is -2.15. The van der Waals surface area contributed by atoms with Crippen LogP contribution in [0.4, 0.5) is 0 Å². The number of hydrogen-bond acceptors (Lipinski definition) is 4. The quantitative estimate of drug-likeness (QED) is 0.325. The van der Waals surface area contributed by atoms with Crippen LogP contribution in [0.3, 0.4) is 0 Å². The number of benzene rings is 1. The molecule has 1 aromatic carbocycles. The Morgan fingerprint density at radius 1 is 1.11 bits per heavy atom. The monoisotopic (exact) mass is 416 g/mol. The standard InChI is InChI=1S/C21H18Cl2N2O3/c1-13-9-17(14(2)25(13)11-16-5-3-4-6-18(16)22)19(26)12-28-21(27)15-7-8-20(23)24-10-15/h3-10H,11-12H2,1-2H3. The Bertz CT molecular complexity index is 1030. The van der Waals surface area contributed by atoms with Crippen molar-refractivity contribution in [3.05, 3.63) is 86.9 Å². The minimum Gasteiger partial charge on any atom is -0.454 e. The van der Waals surface area contributed by atoms with Gasteiger partial charge in [0.2, 0.25) is 5.78 Å². The minimum absolute atomic E-state index is 0.237. The van der Waals surface area contributed by atoms with Gasteiger partial charge >= 0.3 is 5.97 Å². The number of ether oxygens (including phenoxy) is 1. The summed E-state index contributed by atoms with van der Waals surface area (Å²) in [4.78, 5) is 28.5. The van der Waals surface area contributed by atoms with E-state index in [1.807, 2.05) is 42.7 Å². The fourth-order valence-corrected chi connectivity index (χ4v) is 3.22. The van der Waals surface area contributed by atoms with Gasteiger partial charge in [0, 0.05) is 34.7 Å². The van der Waals surface area contributed by atoms with Crippen molar-refractivity contribution in [3.63, 3.8) is 0 Å². The SMILES string of the molecule is Cc1cc(C(=O)COC(=O)c2ccc(Cl)nc2)c(C)n1Cc1ccccc1Cl. The Hall–Kier alpha value is -2.63. The van der Waals surface area contributed by atoms with E-state index < -0.39 is 5.97 Å². The van der Waals surface area contributed by atoms with E-state index in [1.54, 1.807) is 6.07 Å². The summed E-state index contributed by atoms with van der Waals surface area (Å²) in [5.74, 6) is -0.892. The molecule has 0 N–H and O–H groups in total. The van der Waals surface area contributed by atoms with Gasteiger partial charge in [-0.1, -0.05) is 41.4 Å². The summed E-state index contributed by atoms with van der Waals surface area (Å²) in [6.45, 7) is 3.99. The molecule has 7 heteroatoms. The van der Waals surface area contributed by atoms with Gasteiger partial charge in [-0.3, -0.25) is 4.79 Å². The van der Waals surface area contributed by atoms with Gasteiger partial charge in [0.25, 0.3) is 0 Å². The third kappa shape index (κ3) is 4.43. The summed E-state index contributed by atoms with van der Waals surface area (Å²) in [6.07, 6.45) is 1.31. The molecule has 0 aliphatic rings. The highest BCUT2D eigenvalue weighted by Crippen LogP contribution is 2.21. The predicted molar refractivity (Wildman–Crippen MR) is 108 cm³/mol. The average Bonchev–Trinajstić information content (AvgIpc) is 2.96. The van der Waals surface area contributed by atoms with E-state index in [0.717, 1.165) is 17.0 Å².